The van der Waals surface area contributed by atoms with E-state index < -0.39 is 28.3 Å². The lowest BCUT2D eigenvalue weighted by atomic mass is 10.1. The van der Waals surface area contributed by atoms with E-state index in [9.17, 15) is 28.1 Å². The highest BCUT2D eigenvalue weighted by Gasteiger charge is 2.39. The van der Waals surface area contributed by atoms with E-state index in [4.69, 9.17) is 9.47 Å². The third-order valence-electron chi connectivity index (χ3n) is 3.47. The molecular formula is C15H14F3N3O5. The molecule has 0 fully saturated rings. The quantitative estimate of drug-likeness (QED) is 0.451. The number of hydrogen-bond donors (Lipinski definition) is 0. The SMILES string of the molecule is CCOC(=O)c1c(Oc2ccc([N+](=O)[O-])c(C(F)(F)F)c2)nn(C)c1C. The number of nitro groups is 1. The maximum atomic E-state index is 13.0. The largest absolute Gasteiger partial charge is 0.462 e. The number of alkyl halides is 3. The summed E-state index contributed by atoms with van der Waals surface area (Å²) in [6, 6.07) is 2.15. The van der Waals surface area contributed by atoms with Crippen LogP contribution in [0.15, 0.2) is 18.2 Å². The number of benzene rings is 1. The van der Waals surface area contributed by atoms with Crippen molar-refractivity contribution in [3.63, 3.8) is 0 Å². The second-order valence-corrected chi connectivity index (χ2v) is 5.15. The third-order valence-corrected chi connectivity index (χ3v) is 3.47. The monoisotopic (exact) mass is 373 g/mol. The number of ether oxygens (including phenoxy) is 2. The van der Waals surface area contributed by atoms with Gasteiger partial charge >= 0.3 is 12.1 Å². The first-order valence-corrected chi connectivity index (χ1v) is 7.30. The molecule has 0 unspecified atom stereocenters. The molecule has 1 heterocycles. The number of hydrogen-bond acceptors (Lipinski definition) is 6. The molecule has 0 bridgehead atoms. The van der Waals surface area contributed by atoms with Gasteiger partial charge in [0.05, 0.1) is 17.2 Å². The Hall–Kier alpha value is -3.11. The molecule has 0 radical (unpaired) electrons. The zero-order valence-electron chi connectivity index (χ0n) is 14.0. The lowest BCUT2D eigenvalue weighted by Gasteiger charge is -2.10. The number of aryl methyl sites for hydroxylation is 1. The van der Waals surface area contributed by atoms with Crippen LogP contribution in [0, 0.1) is 17.0 Å². The molecule has 2 rings (SSSR count). The fourth-order valence-corrected chi connectivity index (χ4v) is 2.16. The molecule has 2 aromatic rings. The van der Waals surface area contributed by atoms with E-state index in [0.29, 0.717) is 17.8 Å². The fourth-order valence-electron chi connectivity index (χ4n) is 2.16. The number of carbonyl (C=O) groups is 1. The molecule has 0 saturated carbocycles. The van der Waals surface area contributed by atoms with Crippen molar-refractivity contribution in [2.24, 2.45) is 7.05 Å². The van der Waals surface area contributed by atoms with Gasteiger partial charge in [-0.15, -0.1) is 5.10 Å². The maximum absolute atomic E-state index is 13.0. The van der Waals surface area contributed by atoms with Crippen molar-refractivity contribution in [1.82, 2.24) is 9.78 Å². The van der Waals surface area contributed by atoms with Gasteiger partial charge in [-0.2, -0.15) is 13.2 Å². The molecule has 0 aliphatic heterocycles. The van der Waals surface area contributed by atoms with E-state index in [1.165, 1.54) is 11.7 Å². The Balaban J connectivity index is 2.48. The summed E-state index contributed by atoms with van der Waals surface area (Å²) < 4.78 is 50.6. The smallest absolute Gasteiger partial charge is 0.423 e. The molecule has 11 heteroatoms. The van der Waals surface area contributed by atoms with Gasteiger partial charge in [0.1, 0.15) is 16.9 Å². The molecule has 1 aromatic carbocycles. The first-order valence-electron chi connectivity index (χ1n) is 7.30. The maximum Gasteiger partial charge on any atom is 0.423 e. The van der Waals surface area contributed by atoms with E-state index >= 15 is 0 Å². The number of nitrogens with zero attached hydrogens (tertiary/aromatic N) is 3. The van der Waals surface area contributed by atoms with Crippen molar-refractivity contribution in [3.8, 4) is 11.6 Å². The molecule has 140 valence electrons. The van der Waals surface area contributed by atoms with Crippen LogP contribution in [0.3, 0.4) is 0 Å². The molecule has 0 spiro atoms. The van der Waals surface area contributed by atoms with Crippen molar-refractivity contribution in [2.75, 3.05) is 6.61 Å². The number of halogens is 3. The lowest BCUT2D eigenvalue weighted by molar-refractivity contribution is -0.388. The zero-order valence-corrected chi connectivity index (χ0v) is 14.0. The second-order valence-electron chi connectivity index (χ2n) is 5.15. The molecule has 0 atom stereocenters. The van der Waals surface area contributed by atoms with Crippen molar-refractivity contribution < 1.29 is 32.4 Å². The summed E-state index contributed by atoms with van der Waals surface area (Å²) in [5.74, 6) is -1.36. The average molecular weight is 373 g/mol. The average Bonchev–Trinajstić information content (AvgIpc) is 2.80. The van der Waals surface area contributed by atoms with Crippen molar-refractivity contribution >= 4 is 11.7 Å². The summed E-state index contributed by atoms with van der Waals surface area (Å²) in [6.45, 7) is 3.24. The van der Waals surface area contributed by atoms with Gasteiger partial charge in [0.2, 0.25) is 0 Å². The highest BCUT2D eigenvalue weighted by molar-refractivity contribution is 5.93. The Labute approximate surface area is 145 Å². The topological polar surface area (TPSA) is 96.5 Å². The number of nitro benzene ring substituents is 1. The Morgan fingerprint density at radius 3 is 2.58 bits per heavy atom. The van der Waals surface area contributed by atoms with Crippen molar-refractivity contribution in [1.29, 1.82) is 0 Å². The number of aromatic nitrogens is 2. The highest BCUT2D eigenvalue weighted by atomic mass is 19.4. The van der Waals surface area contributed by atoms with Crippen LogP contribution in [0.2, 0.25) is 0 Å². The van der Waals surface area contributed by atoms with Gasteiger partial charge in [0, 0.05) is 19.2 Å². The first-order chi connectivity index (χ1) is 12.1. The summed E-state index contributed by atoms with van der Waals surface area (Å²) >= 11 is 0. The van der Waals surface area contributed by atoms with Crippen LogP contribution in [0.5, 0.6) is 11.6 Å². The summed E-state index contributed by atoms with van der Waals surface area (Å²) in [6.07, 6.45) is -4.95. The summed E-state index contributed by atoms with van der Waals surface area (Å²) in [5.41, 5.74) is -2.23. The van der Waals surface area contributed by atoms with Crippen LogP contribution < -0.4 is 4.74 Å². The predicted molar refractivity (Wildman–Crippen MR) is 82.1 cm³/mol. The molecule has 8 nitrogen and oxygen atoms in total. The van der Waals surface area contributed by atoms with Gasteiger partial charge in [-0.1, -0.05) is 0 Å². The Morgan fingerprint density at radius 2 is 2.04 bits per heavy atom. The summed E-state index contributed by atoms with van der Waals surface area (Å²) in [4.78, 5) is 21.7. The van der Waals surface area contributed by atoms with Crippen LogP contribution in [0.1, 0.15) is 28.5 Å². The molecule has 0 aliphatic rings. The molecule has 0 aliphatic carbocycles. The normalized spacial score (nSPS) is 11.3. The molecule has 26 heavy (non-hydrogen) atoms. The van der Waals surface area contributed by atoms with E-state index in [1.54, 1.807) is 13.8 Å². The van der Waals surface area contributed by atoms with Crippen LogP contribution in [-0.4, -0.2) is 27.3 Å². The highest BCUT2D eigenvalue weighted by Crippen LogP contribution is 2.39. The Kier molecular flexibility index (Phi) is 5.19. The summed E-state index contributed by atoms with van der Waals surface area (Å²) in [5, 5.41) is 14.7. The van der Waals surface area contributed by atoms with Crippen molar-refractivity contribution in [3.05, 3.63) is 45.1 Å². The van der Waals surface area contributed by atoms with E-state index in [-0.39, 0.29) is 23.8 Å². The minimum Gasteiger partial charge on any atom is -0.462 e. The standard InChI is InChI=1S/C15H14F3N3O5/c1-4-25-14(22)12-8(2)20(3)19-13(12)26-9-5-6-11(21(23)24)10(7-9)15(16,17)18/h5-7H,4H2,1-3H3. The van der Waals surface area contributed by atoms with Gasteiger partial charge in [-0.3, -0.25) is 14.8 Å². The Bertz CT molecular complexity index is 861. The molecule has 0 amide bonds. The minimum atomic E-state index is -4.95. The van der Waals surface area contributed by atoms with Gasteiger partial charge < -0.3 is 9.47 Å². The van der Waals surface area contributed by atoms with Crippen LogP contribution >= 0.6 is 0 Å². The zero-order chi connectivity index (χ0) is 19.6. The second kappa shape index (κ2) is 7.02. The van der Waals surface area contributed by atoms with Gasteiger partial charge in [-0.05, 0) is 19.9 Å². The van der Waals surface area contributed by atoms with Crippen LogP contribution in [0.25, 0.3) is 0 Å². The first kappa shape index (κ1) is 19.2. The van der Waals surface area contributed by atoms with E-state index in [0.717, 1.165) is 6.07 Å². The minimum absolute atomic E-state index is 0.0405. The third kappa shape index (κ3) is 3.76. The number of esters is 1. The lowest BCUT2D eigenvalue weighted by Crippen LogP contribution is -2.09. The Morgan fingerprint density at radius 1 is 1.38 bits per heavy atom. The van der Waals surface area contributed by atoms with Crippen molar-refractivity contribution in [2.45, 2.75) is 20.0 Å². The molecular weight excluding hydrogens is 359 g/mol. The van der Waals surface area contributed by atoms with Gasteiger partial charge in [0.15, 0.2) is 0 Å². The van der Waals surface area contributed by atoms with Gasteiger partial charge in [-0.25, -0.2) is 4.79 Å². The predicted octanol–water partition coefficient (Wildman–Crippen LogP) is 3.62. The number of carbonyl (C=O) groups excluding carboxylic acids is 1. The number of rotatable bonds is 5. The molecule has 0 saturated heterocycles. The fraction of sp³-hybridized carbons (Fsp3) is 0.333. The van der Waals surface area contributed by atoms with Gasteiger partial charge in [0.25, 0.3) is 11.6 Å². The van der Waals surface area contributed by atoms with Crippen LogP contribution in [-0.2, 0) is 18.0 Å². The molecule has 0 N–H and O–H groups in total. The van der Waals surface area contributed by atoms with E-state index in [2.05, 4.69) is 5.10 Å². The van der Waals surface area contributed by atoms with E-state index in [1.807, 2.05) is 0 Å². The summed E-state index contributed by atoms with van der Waals surface area (Å²) in [7, 11) is 1.52. The van der Waals surface area contributed by atoms with Crippen LogP contribution in [0.4, 0.5) is 18.9 Å². The molecule has 1 aromatic heterocycles.